The van der Waals surface area contributed by atoms with Gasteiger partial charge in [0.05, 0.1) is 0 Å². The average molecular weight is 222 g/mol. The molecule has 0 saturated carbocycles. The van der Waals surface area contributed by atoms with Crippen LogP contribution < -0.4 is 0 Å². The summed E-state index contributed by atoms with van der Waals surface area (Å²) in [5, 5.41) is 0. The molecule has 0 aliphatic heterocycles. The Labute approximate surface area is 103 Å². The molecule has 0 aromatic carbocycles. The van der Waals surface area contributed by atoms with Gasteiger partial charge in [-0.2, -0.15) is 0 Å². The molecular formula is C16H30. The second kappa shape index (κ2) is 5.89. The normalized spacial score (nSPS) is 33.4. The van der Waals surface area contributed by atoms with Gasteiger partial charge >= 0.3 is 0 Å². The Hall–Kier alpha value is -0.260. The van der Waals surface area contributed by atoms with Crippen LogP contribution in [0.15, 0.2) is 11.6 Å². The zero-order chi connectivity index (χ0) is 12.3. The zero-order valence-corrected chi connectivity index (χ0v) is 12.1. The molecule has 0 amide bonds. The monoisotopic (exact) mass is 222 g/mol. The van der Waals surface area contributed by atoms with E-state index in [1.807, 2.05) is 0 Å². The van der Waals surface area contributed by atoms with Gasteiger partial charge in [0.1, 0.15) is 0 Å². The minimum Gasteiger partial charge on any atom is -0.0819 e. The molecule has 1 rings (SSSR count). The largest absolute Gasteiger partial charge is 0.0819 e. The van der Waals surface area contributed by atoms with Crippen molar-refractivity contribution < 1.29 is 0 Å². The summed E-state index contributed by atoms with van der Waals surface area (Å²) in [4.78, 5) is 0. The van der Waals surface area contributed by atoms with Gasteiger partial charge in [0.2, 0.25) is 0 Å². The third kappa shape index (κ3) is 3.64. The Kier molecular flexibility index (Phi) is 5.08. The quantitative estimate of drug-likeness (QED) is 0.569. The van der Waals surface area contributed by atoms with Crippen molar-refractivity contribution in [1.82, 2.24) is 0 Å². The van der Waals surface area contributed by atoms with Crippen molar-refractivity contribution >= 4 is 0 Å². The Morgan fingerprint density at radius 1 is 1.19 bits per heavy atom. The Morgan fingerprint density at radius 2 is 1.81 bits per heavy atom. The summed E-state index contributed by atoms with van der Waals surface area (Å²) in [5.41, 5.74) is 1.63. The molecule has 1 aliphatic carbocycles. The van der Waals surface area contributed by atoms with Crippen LogP contribution in [0.5, 0.6) is 0 Å². The van der Waals surface area contributed by atoms with E-state index in [4.69, 9.17) is 0 Å². The number of hydrogen-bond acceptors (Lipinski definition) is 0. The third-order valence-electron chi connectivity index (χ3n) is 4.82. The first-order valence-corrected chi connectivity index (χ1v) is 7.10. The van der Waals surface area contributed by atoms with Gasteiger partial charge in [-0.15, -0.1) is 0 Å². The molecule has 0 heteroatoms. The molecule has 94 valence electrons. The predicted octanol–water partition coefficient (Wildman–Crippen LogP) is 5.30. The van der Waals surface area contributed by atoms with E-state index in [2.05, 4.69) is 47.6 Å². The molecule has 0 aromatic rings. The summed E-state index contributed by atoms with van der Waals surface area (Å²) in [5.74, 6) is 4.18. The fraction of sp³-hybridized carbons (Fsp3) is 0.875. The third-order valence-corrected chi connectivity index (χ3v) is 4.82. The van der Waals surface area contributed by atoms with E-state index >= 15 is 0 Å². The Bertz CT molecular complexity index is 236. The second-order valence-electron chi connectivity index (χ2n) is 6.49. The van der Waals surface area contributed by atoms with Crippen LogP contribution in [0.1, 0.15) is 60.8 Å². The van der Waals surface area contributed by atoms with E-state index in [0.29, 0.717) is 0 Å². The van der Waals surface area contributed by atoms with Crippen LogP contribution in [0.2, 0.25) is 0 Å². The topological polar surface area (TPSA) is 0 Å². The Morgan fingerprint density at radius 3 is 2.38 bits per heavy atom. The highest BCUT2D eigenvalue weighted by atomic mass is 14.3. The van der Waals surface area contributed by atoms with Crippen LogP contribution >= 0.6 is 0 Å². The van der Waals surface area contributed by atoms with Crippen molar-refractivity contribution in [2.75, 3.05) is 0 Å². The molecule has 0 saturated heterocycles. The molecule has 0 spiro atoms. The van der Waals surface area contributed by atoms with E-state index in [-0.39, 0.29) is 0 Å². The van der Waals surface area contributed by atoms with Gasteiger partial charge in [-0.05, 0) is 55.8 Å². The lowest BCUT2D eigenvalue weighted by atomic mass is 9.81. The minimum absolute atomic E-state index is 0.807. The van der Waals surface area contributed by atoms with Gasteiger partial charge in [0.25, 0.3) is 0 Å². The van der Waals surface area contributed by atoms with E-state index < -0.39 is 0 Å². The van der Waals surface area contributed by atoms with Crippen LogP contribution in [0.3, 0.4) is 0 Å². The molecule has 1 aliphatic rings. The summed E-state index contributed by atoms with van der Waals surface area (Å²) >= 11 is 0. The van der Waals surface area contributed by atoms with Crippen LogP contribution in [-0.4, -0.2) is 0 Å². The molecule has 4 atom stereocenters. The van der Waals surface area contributed by atoms with Crippen molar-refractivity contribution in [3.8, 4) is 0 Å². The van der Waals surface area contributed by atoms with Crippen LogP contribution in [0, 0.1) is 29.6 Å². The van der Waals surface area contributed by atoms with Gasteiger partial charge in [0.15, 0.2) is 0 Å². The molecule has 16 heavy (non-hydrogen) atoms. The molecule has 0 N–H and O–H groups in total. The maximum Gasteiger partial charge on any atom is -0.0202 e. The first kappa shape index (κ1) is 13.8. The average Bonchev–Trinajstić information content (AvgIpc) is 2.33. The molecule has 4 unspecified atom stereocenters. The summed E-state index contributed by atoms with van der Waals surface area (Å²) in [6, 6.07) is 0. The van der Waals surface area contributed by atoms with Crippen molar-refractivity contribution in [1.29, 1.82) is 0 Å². The van der Waals surface area contributed by atoms with Crippen molar-refractivity contribution in [2.45, 2.75) is 60.8 Å². The predicted molar refractivity (Wildman–Crippen MR) is 73.4 cm³/mol. The first-order valence-electron chi connectivity index (χ1n) is 7.10. The van der Waals surface area contributed by atoms with Crippen LogP contribution in [0.25, 0.3) is 0 Å². The smallest absolute Gasteiger partial charge is 0.0202 e. The second-order valence-corrected chi connectivity index (χ2v) is 6.49. The highest BCUT2D eigenvalue weighted by Crippen LogP contribution is 2.35. The zero-order valence-electron chi connectivity index (χ0n) is 12.1. The first-order chi connectivity index (χ1) is 7.41. The number of rotatable bonds is 3. The molecule has 0 nitrogen and oxygen atoms in total. The van der Waals surface area contributed by atoms with Crippen molar-refractivity contribution in [2.24, 2.45) is 29.6 Å². The van der Waals surface area contributed by atoms with Gasteiger partial charge in [0, 0.05) is 0 Å². The minimum atomic E-state index is 0.807. The molecule has 0 radical (unpaired) electrons. The lowest BCUT2D eigenvalue weighted by Crippen LogP contribution is -2.15. The van der Waals surface area contributed by atoms with E-state index in [0.717, 1.165) is 29.6 Å². The highest BCUT2D eigenvalue weighted by Gasteiger charge is 2.23. The summed E-state index contributed by atoms with van der Waals surface area (Å²) < 4.78 is 0. The van der Waals surface area contributed by atoms with Crippen LogP contribution in [0.4, 0.5) is 0 Å². The fourth-order valence-electron chi connectivity index (χ4n) is 2.62. The lowest BCUT2D eigenvalue weighted by Gasteiger charge is -2.25. The molecule has 0 fully saturated rings. The summed E-state index contributed by atoms with van der Waals surface area (Å²) in [6.07, 6.45) is 6.75. The maximum absolute atomic E-state index is 2.58. The van der Waals surface area contributed by atoms with Gasteiger partial charge in [-0.3, -0.25) is 0 Å². The molecule has 0 aromatic heterocycles. The maximum atomic E-state index is 2.58. The SMILES string of the molecule is CC1=CC(CC(C)C(C)C)C(C)CCC1C. The molecule has 0 bridgehead atoms. The van der Waals surface area contributed by atoms with E-state index in [1.165, 1.54) is 19.3 Å². The molecular weight excluding hydrogens is 192 g/mol. The van der Waals surface area contributed by atoms with Gasteiger partial charge < -0.3 is 0 Å². The Balaban J connectivity index is 2.68. The standard InChI is InChI=1S/C16H30/c1-11(2)14(5)9-16-10-15(6)12(3)7-8-13(16)4/h10-14,16H,7-9H2,1-6H3. The number of hydrogen-bond donors (Lipinski definition) is 0. The lowest BCUT2D eigenvalue weighted by molar-refractivity contribution is 0.286. The van der Waals surface area contributed by atoms with Gasteiger partial charge in [-0.25, -0.2) is 0 Å². The van der Waals surface area contributed by atoms with Crippen molar-refractivity contribution in [3.63, 3.8) is 0 Å². The van der Waals surface area contributed by atoms with Crippen LogP contribution in [-0.2, 0) is 0 Å². The van der Waals surface area contributed by atoms with Crippen molar-refractivity contribution in [3.05, 3.63) is 11.6 Å². The molecule has 0 heterocycles. The van der Waals surface area contributed by atoms with Gasteiger partial charge in [-0.1, -0.05) is 46.3 Å². The summed E-state index contributed by atoms with van der Waals surface area (Å²) in [6.45, 7) is 14.3. The van der Waals surface area contributed by atoms with E-state index in [1.54, 1.807) is 5.57 Å². The highest BCUT2D eigenvalue weighted by molar-refractivity contribution is 5.08. The fourth-order valence-corrected chi connectivity index (χ4v) is 2.62. The summed E-state index contributed by atoms with van der Waals surface area (Å²) in [7, 11) is 0. The number of allylic oxidation sites excluding steroid dienone is 2. The van der Waals surface area contributed by atoms with E-state index in [9.17, 15) is 0 Å².